The van der Waals surface area contributed by atoms with Crippen LogP contribution in [0.1, 0.15) is 26.2 Å². The van der Waals surface area contributed by atoms with E-state index in [4.69, 9.17) is 0 Å². The summed E-state index contributed by atoms with van der Waals surface area (Å²) in [4.78, 5) is 0. The molecule has 2 unspecified atom stereocenters. The molecule has 0 aromatic rings. The molecule has 5 heteroatoms. The number of hydrogen-bond acceptors (Lipinski definition) is 4. The lowest BCUT2D eigenvalue weighted by molar-refractivity contribution is 0.372. The Hall–Kier alpha value is -0.130. The average molecular weight is 232 g/mol. The van der Waals surface area contributed by atoms with Crippen molar-refractivity contribution in [3.8, 4) is 0 Å². The Labute approximate surface area is 91.7 Å². The Morgan fingerprint density at radius 1 is 1.53 bits per heavy atom. The Kier molecular flexibility index (Phi) is 3.05. The molecule has 88 valence electrons. The Morgan fingerprint density at radius 2 is 2.33 bits per heavy atom. The molecule has 4 nitrogen and oxygen atoms in total. The summed E-state index contributed by atoms with van der Waals surface area (Å²) in [5.41, 5.74) is -0.191. The number of rotatable bonds is 3. The van der Waals surface area contributed by atoms with Gasteiger partial charge in [0.2, 0.25) is 0 Å². The van der Waals surface area contributed by atoms with Crippen molar-refractivity contribution >= 4 is 9.84 Å². The number of hydrogen-bond donors (Lipinski definition) is 2. The zero-order valence-corrected chi connectivity index (χ0v) is 10.1. The minimum absolute atomic E-state index is 0.191. The second-order valence-electron chi connectivity index (χ2n) is 5.08. The van der Waals surface area contributed by atoms with E-state index in [0.717, 1.165) is 19.5 Å². The minimum Gasteiger partial charge on any atom is -0.313 e. The largest absolute Gasteiger partial charge is 0.313 e. The van der Waals surface area contributed by atoms with Gasteiger partial charge in [-0.15, -0.1) is 0 Å². The summed E-state index contributed by atoms with van der Waals surface area (Å²) in [5.74, 6) is 0.640. The molecule has 0 amide bonds. The van der Waals surface area contributed by atoms with E-state index in [2.05, 4.69) is 10.6 Å². The van der Waals surface area contributed by atoms with Crippen molar-refractivity contribution in [2.75, 3.05) is 24.6 Å². The van der Waals surface area contributed by atoms with Crippen LogP contribution in [-0.2, 0) is 9.84 Å². The maximum atomic E-state index is 11.4. The van der Waals surface area contributed by atoms with Crippen LogP contribution in [0.4, 0.5) is 0 Å². The zero-order valence-electron chi connectivity index (χ0n) is 9.25. The first kappa shape index (κ1) is 11.4. The Morgan fingerprint density at radius 3 is 2.87 bits per heavy atom. The van der Waals surface area contributed by atoms with E-state index in [1.807, 2.05) is 6.92 Å². The topological polar surface area (TPSA) is 58.2 Å². The molecule has 2 fully saturated rings. The predicted octanol–water partition coefficient (Wildman–Crippen LogP) is -0.0948. The summed E-state index contributed by atoms with van der Waals surface area (Å²) in [6.07, 6.45) is 3.19. The molecule has 0 aromatic carbocycles. The SMILES string of the molecule is CC1(NCC2CCCN2)CCS(=O)(=O)C1. The molecule has 0 saturated carbocycles. The predicted molar refractivity (Wildman–Crippen MR) is 60.7 cm³/mol. The molecule has 2 N–H and O–H groups in total. The molecule has 15 heavy (non-hydrogen) atoms. The molecule has 2 saturated heterocycles. The summed E-state index contributed by atoms with van der Waals surface area (Å²) in [6.45, 7) is 4.01. The fourth-order valence-corrected chi connectivity index (χ4v) is 4.57. The van der Waals surface area contributed by atoms with Crippen LogP contribution in [0.2, 0.25) is 0 Å². The van der Waals surface area contributed by atoms with Crippen molar-refractivity contribution < 1.29 is 8.42 Å². The third-order valence-electron chi connectivity index (χ3n) is 3.44. The molecule has 2 aliphatic heterocycles. The van der Waals surface area contributed by atoms with Crippen molar-refractivity contribution in [3.63, 3.8) is 0 Å². The summed E-state index contributed by atoms with van der Waals surface area (Å²) >= 11 is 0. The highest BCUT2D eigenvalue weighted by atomic mass is 32.2. The van der Waals surface area contributed by atoms with Crippen LogP contribution >= 0.6 is 0 Å². The van der Waals surface area contributed by atoms with E-state index in [9.17, 15) is 8.42 Å². The monoisotopic (exact) mass is 232 g/mol. The van der Waals surface area contributed by atoms with E-state index in [-0.39, 0.29) is 5.54 Å². The summed E-state index contributed by atoms with van der Waals surface area (Å²) in [6, 6.07) is 0.533. The lowest BCUT2D eigenvalue weighted by Gasteiger charge is -2.26. The van der Waals surface area contributed by atoms with Gasteiger partial charge in [0, 0.05) is 18.1 Å². The van der Waals surface area contributed by atoms with Gasteiger partial charge in [-0.05, 0) is 32.7 Å². The van der Waals surface area contributed by atoms with Gasteiger partial charge in [-0.2, -0.15) is 0 Å². The van der Waals surface area contributed by atoms with Crippen molar-refractivity contribution in [2.24, 2.45) is 0 Å². The Bertz CT molecular complexity index is 322. The van der Waals surface area contributed by atoms with Gasteiger partial charge in [0.1, 0.15) is 0 Å². The molecule has 0 spiro atoms. The van der Waals surface area contributed by atoms with Gasteiger partial charge in [-0.3, -0.25) is 0 Å². The van der Waals surface area contributed by atoms with Gasteiger partial charge < -0.3 is 10.6 Å². The van der Waals surface area contributed by atoms with Gasteiger partial charge in [0.15, 0.2) is 9.84 Å². The lowest BCUT2D eigenvalue weighted by atomic mass is 10.0. The summed E-state index contributed by atoms with van der Waals surface area (Å²) in [5, 5.41) is 6.82. The van der Waals surface area contributed by atoms with Gasteiger partial charge in [-0.25, -0.2) is 8.42 Å². The van der Waals surface area contributed by atoms with Crippen LogP contribution in [-0.4, -0.2) is 44.6 Å². The van der Waals surface area contributed by atoms with Crippen molar-refractivity contribution in [1.82, 2.24) is 10.6 Å². The van der Waals surface area contributed by atoms with Crippen LogP contribution in [0, 0.1) is 0 Å². The van der Waals surface area contributed by atoms with E-state index >= 15 is 0 Å². The maximum Gasteiger partial charge on any atom is 0.152 e. The molecule has 0 bridgehead atoms. The molecular weight excluding hydrogens is 212 g/mol. The van der Waals surface area contributed by atoms with Gasteiger partial charge in [0.25, 0.3) is 0 Å². The highest BCUT2D eigenvalue weighted by Crippen LogP contribution is 2.22. The molecule has 0 radical (unpaired) electrons. The fraction of sp³-hybridized carbons (Fsp3) is 1.00. The van der Waals surface area contributed by atoms with E-state index < -0.39 is 9.84 Å². The van der Waals surface area contributed by atoms with Crippen LogP contribution in [0.15, 0.2) is 0 Å². The molecular formula is C10H20N2O2S. The van der Waals surface area contributed by atoms with Crippen LogP contribution < -0.4 is 10.6 Å². The maximum absolute atomic E-state index is 11.4. The number of nitrogens with one attached hydrogen (secondary N) is 2. The number of sulfone groups is 1. The minimum atomic E-state index is -2.78. The smallest absolute Gasteiger partial charge is 0.152 e. The molecule has 2 heterocycles. The highest BCUT2D eigenvalue weighted by molar-refractivity contribution is 7.91. The third-order valence-corrected chi connectivity index (χ3v) is 5.34. The van der Waals surface area contributed by atoms with Crippen molar-refractivity contribution in [3.05, 3.63) is 0 Å². The summed E-state index contributed by atoms with van der Waals surface area (Å²) in [7, 11) is -2.78. The molecule has 2 rings (SSSR count). The molecule has 0 aromatic heterocycles. The lowest BCUT2D eigenvalue weighted by Crippen LogP contribution is -2.48. The van der Waals surface area contributed by atoms with Gasteiger partial charge in [0.05, 0.1) is 11.5 Å². The van der Waals surface area contributed by atoms with Gasteiger partial charge in [-0.1, -0.05) is 0 Å². The first-order chi connectivity index (χ1) is 6.99. The van der Waals surface area contributed by atoms with Crippen molar-refractivity contribution in [2.45, 2.75) is 37.8 Å². The van der Waals surface area contributed by atoms with Gasteiger partial charge >= 0.3 is 0 Å². The second-order valence-corrected chi connectivity index (χ2v) is 7.26. The van der Waals surface area contributed by atoms with Crippen LogP contribution in [0.3, 0.4) is 0 Å². The first-order valence-electron chi connectivity index (χ1n) is 5.68. The quantitative estimate of drug-likeness (QED) is 0.714. The molecule has 2 atom stereocenters. The third kappa shape index (κ3) is 2.92. The zero-order chi connectivity index (χ0) is 10.9. The Balaban J connectivity index is 1.83. The normalized spacial score (nSPS) is 39.7. The van der Waals surface area contributed by atoms with E-state index in [1.165, 1.54) is 12.8 Å². The first-order valence-corrected chi connectivity index (χ1v) is 7.50. The second kappa shape index (κ2) is 4.03. The summed E-state index contributed by atoms with van der Waals surface area (Å²) < 4.78 is 22.8. The fourth-order valence-electron chi connectivity index (χ4n) is 2.45. The van der Waals surface area contributed by atoms with E-state index in [0.29, 0.717) is 17.5 Å². The van der Waals surface area contributed by atoms with E-state index in [1.54, 1.807) is 0 Å². The molecule has 2 aliphatic rings. The standard InChI is InChI=1S/C10H20N2O2S/c1-10(4-6-15(13,14)8-10)12-7-9-3-2-5-11-9/h9,11-12H,2-8H2,1H3. The van der Waals surface area contributed by atoms with Crippen LogP contribution in [0.25, 0.3) is 0 Å². The average Bonchev–Trinajstić information content (AvgIpc) is 2.71. The molecule has 0 aliphatic carbocycles. The highest BCUT2D eigenvalue weighted by Gasteiger charge is 2.38. The van der Waals surface area contributed by atoms with Crippen molar-refractivity contribution in [1.29, 1.82) is 0 Å². The van der Waals surface area contributed by atoms with Crippen LogP contribution in [0.5, 0.6) is 0 Å².